The van der Waals surface area contributed by atoms with Crippen molar-refractivity contribution in [2.24, 2.45) is 17.3 Å². The van der Waals surface area contributed by atoms with Crippen LogP contribution >= 0.6 is 0 Å². The smallest absolute Gasteiger partial charge is 0.260 e. The van der Waals surface area contributed by atoms with Crippen molar-refractivity contribution < 1.29 is 23.2 Å². The first-order chi connectivity index (χ1) is 15.7. The number of nitrogens with one attached hydrogen (secondary N) is 2. The molecule has 1 aliphatic carbocycles. The number of benzene rings is 1. The van der Waals surface area contributed by atoms with Crippen LogP contribution in [0.4, 0.5) is 8.78 Å². The predicted molar refractivity (Wildman–Crippen MR) is 114 cm³/mol. The van der Waals surface area contributed by atoms with Gasteiger partial charge in [0.25, 0.3) is 11.8 Å². The quantitative estimate of drug-likeness (QED) is 0.673. The van der Waals surface area contributed by atoms with E-state index in [9.17, 15) is 23.2 Å². The van der Waals surface area contributed by atoms with Gasteiger partial charge in [-0.25, -0.2) is 14.2 Å². The molecule has 1 saturated carbocycles. The zero-order valence-electron chi connectivity index (χ0n) is 18.4. The van der Waals surface area contributed by atoms with E-state index >= 15 is 0 Å². The van der Waals surface area contributed by atoms with Gasteiger partial charge in [0, 0.05) is 57.8 Å². The van der Waals surface area contributed by atoms with Crippen LogP contribution in [0.25, 0.3) is 0 Å². The molecule has 5 rings (SSSR count). The van der Waals surface area contributed by atoms with E-state index in [0.29, 0.717) is 25.2 Å². The van der Waals surface area contributed by atoms with Crippen LogP contribution in [0.15, 0.2) is 42.1 Å². The second kappa shape index (κ2) is 7.79. The number of amides is 3. The Balaban J connectivity index is 1.25. The molecule has 3 amide bonds. The lowest BCUT2D eigenvalue weighted by atomic mass is 9.71. The number of hydrazine groups is 1. The van der Waals surface area contributed by atoms with Gasteiger partial charge in [-0.05, 0) is 5.56 Å². The highest BCUT2D eigenvalue weighted by Crippen LogP contribution is 2.52. The molecule has 0 aromatic heterocycles. The molecule has 0 radical (unpaired) electrons. The second-order valence-corrected chi connectivity index (χ2v) is 9.53. The zero-order valence-corrected chi connectivity index (χ0v) is 18.4. The number of hydrogen-bond acceptors (Lipinski definition) is 5. The molecule has 3 fully saturated rings. The summed E-state index contributed by atoms with van der Waals surface area (Å²) in [6.45, 7) is 2.02. The molecule has 3 heterocycles. The van der Waals surface area contributed by atoms with Gasteiger partial charge >= 0.3 is 0 Å². The number of likely N-dealkylation sites (tertiary alicyclic amines) is 2. The summed E-state index contributed by atoms with van der Waals surface area (Å²) in [7, 11) is 1.54. The summed E-state index contributed by atoms with van der Waals surface area (Å²) in [5.41, 5.74) is 4.31. The summed E-state index contributed by atoms with van der Waals surface area (Å²) in [6.07, 6.45) is 1.39. The Kier molecular flexibility index (Phi) is 5.15. The number of hydrogen-bond donors (Lipinski definition) is 2. The van der Waals surface area contributed by atoms with Crippen molar-refractivity contribution in [1.82, 2.24) is 25.6 Å². The number of nitrogens with zero attached hydrogens (tertiary/aromatic N) is 3. The summed E-state index contributed by atoms with van der Waals surface area (Å²) < 4.78 is 26.7. The average Bonchev–Trinajstić information content (AvgIpc) is 3.13. The lowest BCUT2D eigenvalue weighted by Gasteiger charge is -2.50. The van der Waals surface area contributed by atoms with Crippen LogP contribution in [-0.4, -0.2) is 78.2 Å². The molecule has 8 nitrogen and oxygen atoms in total. The Morgan fingerprint density at radius 3 is 2.39 bits per heavy atom. The monoisotopic (exact) mass is 459 g/mol. The molecule has 4 aliphatic rings. The van der Waals surface area contributed by atoms with Gasteiger partial charge in [-0.1, -0.05) is 30.3 Å². The van der Waals surface area contributed by atoms with Crippen LogP contribution in [0.1, 0.15) is 12.0 Å². The minimum atomic E-state index is -2.91. The molecule has 1 aromatic carbocycles. The first-order valence-corrected chi connectivity index (χ1v) is 11.1. The SMILES string of the molecule is CNC(=O)C1CN(C(=O)C2=CN(Cc3ccccc3)NC2)CC12CN(C(=O)C1CC1(F)F)C2. The van der Waals surface area contributed by atoms with Crippen molar-refractivity contribution in [3.63, 3.8) is 0 Å². The molecule has 33 heavy (non-hydrogen) atoms. The average molecular weight is 459 g/mol. The number of carbonyl (C=O) groups excluding carboxylic acids is 3. The van der Waals surface area contributed by atoms with Crippen LogP contribution in [0.2, 0.25) is 0 Å². The molecular weight excluding hydrogens is 432 g/mol. The van der Waals surface area contributed by atoms with Crippen LogP contribution in [0.3, 0.4) is 0 Å². The first-order valence-electron chi connectivity index (χ1n) is 11.1. The highest BCUT2D eigenvalue weighted by atomic mass is 19.3. The van der Waals surface area contributed by atoms with E-state index in [4.69, 9.17) is 0 Å². The van der Waals surface area contributed by atoms with Gasteiger partial charge in [0.05, 0.1) is 18.0 Å². The molecule has 10 heteroatoms. The summed E-state index contributed by atoms with van der Waals surface area (Å²) >= 11 is 0. The minimum Gasteiger partial charge on any atom is -0.359 e. The lowest BCUT2D eigenvalue weighted by molar-refractivity contribution is -0.152. The Morgan fingerprint density at radius 2 is 1.76 bits per heavy atom. The third-order valence-electron chi connectivity index (χ3n) is 7.20. The van der Waals surface area contributed by atoms with Crippen molar-refractivity contribution in [2.45, 2.75) is 18.9 Å². The number of carbonyl (C=O) groups is 3. The van der Waals surface area contributed by atoms with E-state index in [1.165, 1.54) is 11.9 Å². The maximum atomic E-state index is 13.3. The molecule has 2 atom stereocenters. The Bertz CT molecular complexity index is 1010. The van der Waals surface area contributed by atoms with E-state index in [2.05, 4.69) is 10.7 Å². The van der Waals surface area contributed by atoms with E-state index in [1.54, 1.807) is 11.1 Å². The third kappa shape index (κ3) is 3.86. The van der Waals surface area contributed by atoms with E-state index in [0.717, 1.165) is 5.56 Å². The highest BCUT2D eigenvalue weighted by Gasteiger charge is 2.66. The largest absolute Gasteiger partial charge is 0.359 e. The topological polar surface area (TPSA) is 85.0 Å². The summed E-state index contributed by atoms with van der Waals surface area (Å²) in [5.74, 6) is -5.53. The van der Waals surface area contributed by atoms with Gasteiger partial charge in [0.2, 0.25) is 11.8 Å². The standard InChI is InChI=1S/C23H27F2N5O3/c1-26-19(31)18-11-28(12-22(18)13-29(14-22)21(33)17-7-23(17,24)25)20(32)16-8-27-30(10-16)9-15-5-3-2-4-6-15/h2-6,10,17-18,27H,7-9,11-14H2,1H3,(H,26,31). The van der Waals surface area contributed by atoms with Gasteiger partial charge in [0.15, 0.2) is 0 Å². The molecule has 2 unspecified atom stereocenters. The van der Waals surface area contributed by atoms with Gasteiger partial charge < -0.3 is 20.1 Å². The minimum absolute atomic E-state index is 0.151. The van der Waals surface area contributed by atoms with Crippen LogP contribution < -0.4 is 10.7 Å². The zero-order chi connectivity index (χ0) is 23.4. The van der Waals surface area contributed by atoms with Crippen LogP contribution in [0.5, 0.6) is 0 Å². The Labute approximate surface area is 190 Å². The molecule has 2 saturated heterocycles. The first kappa shape index (κ1) is 21.8. The van der Waals surface area contributed by atoms with Crippen molar-refractivity contribution in [2.75, 3.05) is 39.8 Å². The maximum absolute atomic E-state index is 13.3. The second-order valence-electron chi connectivity index (χ2n) is 9.53. The summed E-state index contributed by atoms with van der Waals surface area (Å²) in [6, 6.07) is 9.88. The van der Waals surface area contributed by atoms with Crippen molar-refractivity contribution in [3.8, 4) is 0 Å². The van der Waals surface area contributed by atoms with Gasteiger partial charge in [-0.15, -0.1) is 0 Å². The van der Waals surface area contributed by atoms with Crippen molar-refractivity contribution in [1.29, 1.82) is 0 Å². The molecule has 2 N–H and O–H groups in total. The molecule has 1 aromatic rings. The third-order valence-corrected chi connectivity index (χ3v) is 7.20. The van der Waals surface area contributed by atoms with E-state index in [-0.39, 0.29) is 31.4 Å². The number of halogens is 2. The number of alkyl halides is 2. The highest BCUT2D eigenvalue weighted by molar-refractivity contribution is 5.95. The van der Waals surface area contributed by atoms with E-state index in [1.807, 2.05) is 35.3 Å². The molecular formula is C23H27F2N5O3. The lowest BCUT2D eigenvalue weighted by Crippen LogP contribution is -2.64. The predicted octanol–water partition coefficient (Wildman–Crippen LogP) is 0.579. The fraction of sp³-hybridized carbons (Fsp3) is 0.522. The van der Waals surface area contributed by atoms with E-state index < -0.39 is 35.5 Å². The van der Waals surface area contributed by atoms with Crippen molar-refractivity contribution >= 4 is 17.7 Å². The van der Waals surface area contributed by atoms with Gasteiger partial charge in [-0.2, -0.15) is 0 Å². The fourth-order valence-electron chi connectivity index (χ4n) is 5.23. The van der Waals surface area contributed by atoms with Crippen LogP contribution in [-0.2, 0) is 20.9 Å². The Morgan fingerprint density at radius 1 is 1.09 bits per heavy atom. The summed E-state index contributed by atoms with van der Waals surface area (Å²) in [5, 5.41) is 4.52. The normalized spacial score (nSPS) is 26.8. The van der Waals surface area contributed by atoms with Crippen molar-refractivity contribution in [3.05, 3.63) is 47.7 Å². The number of rotatable bonds is 5. The molecule has 0 bridgehead atoms. The summed E-state index contributed by atoms with van der Waals surface area (Å²) in [4.78, 5) is 41.2. The van der Waals surface area contributed by atoms with Gasteiger partial charge in [0.1, 0.15) is 5.92 Å². The Hall–Kier alpha value is -3.01. The fourth-order valence-corrected chi connectivity index (χ4v) is 5.23. The molecule has 176 valence electrons. The molecule has 1 spiro atoms. The molecule has 3 aliphatic heterocycles. The van der Waals surface area contributed by atoms with Crippen LogP contribution in [0, 0.1) is 17.3 Å². The maximum Gasteiger partial charge on any atom is 0.260 e. The van der Waals surface area contributed by atoms with Gasteiger partial charge in [-0.3, -0.25) is 14.4 Å².